The van der Waals surface area contributed by atoms with Crippen LogP contribution in [0.25, 0.3) is 0 Å². The molecule has 3 aliphatic rings. The molecule has 0 saturated heterocycles. The Labute approximate surface area is 204 Å². The molecule has 4 aromatic carbocycles. The molecule has 4 nitrogen and oxygen atoms in total. The molecule has 0 radical (unpaired) electrons. The molecule has 172 valence electrons. The van der Waals surface area contributed by atoms with Gasteiger partial charge in [-0.25, -0.2) is 0 Å². The fourth-order valence-electron chi connectivity index (χ4n) is 5.80. The van der Waals surface area contributed by atoms with Crippen molar-refractivity contribution in [3.63, 3.8) is 0 Å². The summed E-state index contributed by atoms with van der Waals surface area (Å²) < 4.78 is 6.12. The van der Waals surface area contributed by atoms with Gasteiger partial charge >= 0.3 is 0 Å². The number of para-hydroxylation sites is 1. The summed E-state index contributed by atoms with van der Waals surface area (Å²) in [5.41, 5.74) is 5.56. The number of anilines is 1. The van der Waals surface area contributed by atoms with Gasteiger partial charge in [-0.15, -0.1) is 0 Å². The van der Waals surface area contributed by atoms with Gasteiger partial charge in [0.05, 0.1) is 12.0 Å². The summed E-state index contributed by atoms with van der Waals surface area (Å²) in [6, 6.07) is 31.7. The number of carbonyl (C=O) groups is 1. The van der Waals surface area contributed by atoms with Crippen molar-refractivity contribution < 1.29 is 14.6 Å². The van der Waals surface area contributed by atoms with Gasteiger partial charge in [-0.05, 0) is 47.2 Å². The minimum Gasteiger partial charge on any atom is -0.507 e. The first-order valence-corrected chi connectivity index (χ1v) is 12.2. The van der Waals surface area contributed by atoms with E-state index in [2.05, 4.69) is 24.3 Å². The van der Waals surface area contributed by atoms with Gasteiger partial charge < -0.3 is 9.84 Å². The van der Waals surface area contributed by atoms with E-state index >= 15 is 0 Å². The lowest BCUT2D eigenvalue weighted by atomic mass is 9.90. The van der Waals surface area contributed by atoms with Gasteiger partial charge in [0, 0.05) is 23.7 Å². The zero-order chi connectivity index (χ0) is 23.6. The van der Waals surface area contributed by atoms with E-state index in [9.17, 15) is 9.90 Å². The lowest BCUT2D eigenvalue weighted by Gasteiger charge is -2.30. The Morgan fingerprint density at radius 3 is 2.11 bits per heavy atom. The van der Waals surface area contributed by atoms with Crippen LogP contribution in [0.2, 0.25) is 0 Å². The van der Waals surface area contributed by atoms with Crippen LogP contribution in [0.5, 0.6) is 11.5 Å². The number of carbonyl (C=O) groups excluding carboxylic acids is 1. The summed E-state index contributed by atoms with van der Waals surface area (Å²) in [7, 11) is 0. The van der Waals surface area contributed by atoms with Crippen LogP contribution in [-0.2, 0) is 11.2 Å². The Morgan fingerprint density at radius 2 is 1.46 bits per heavy atom. The summed E-state index contributed by atoms with van der Waals surface area (Å²) in [5, 5.41) is 11.1. The molecule has 0 aromatic heterocycles. The molecular formula is C31H25NO3. The van der Waals surface area contributed by atoms with Crippen LogP contribution < -0.4 is 9.64 Å². The van der Waals surface area contributed by atoms with E-state index in [1.165, 1.54) is 0 Å². The summed E-state index contributed by atoms with van der Waals surface area (Å²) in [5.74, 6) is 0.277. The highest BCUT2D eigenvalue weighted by Gasteiger charge is 2.51. The zero-order valence-electron chi connectivity index (χ0n) is 19.2. The normalized spacial score (nSPS) is 19.1. The predicted octanol–water partition coefficient (Wildman–Crippen LogP) is 6.13. The van der Waals surface area contributed by atoms with Gasteiger partial charge in [-0.2, -0.15) is 0 Å². The maximum absolute atomic E-state index is 14.3. The van der Waals surface area contributed by atoms with E-state index in [0.717, 1.165) is 53.0 Å². The van der Waals surface area contributed by atoms with Crippen molar-refractivity contribution >= 4 is 11.6 Å². The summed E-state index contributed by atoms with van der Waals surface area (Å²) >= 11 is 0. The number of hydrogen-bond acceptors (Lipinski definition) is 3. The number of phenols is 1. The van der Waals surface area contributed by atoms with E-state index in [0.29, 0.717) is 5.56 Å². The average molecular weight is 460 g/mol. The quantitative estimate of drug-likeness (QED) is 0.400. The molecule has 1 spiro atoms. The third kappa shape index (κ3) is 3.17. The second-order valence-electron chi connectivity index (χ2n) is 9.90. The van der Waals surface area contributed by atoms with Gasteiger partial charge in [-0.1, -0.05) is 78.9 Å². The van der Waals surface area contributed by atoms with E-state index in [-0.39, 0.29) is 23.3 Å². The number of phenolic OH excluding ortho intramolecular Hbond substituents is 1. The van der Waals surface area contributed by atoms with Gasteiger partial charge in [0.1, 0.15) is 17.1 Å². The van der Waals surface area contributed by atoms with E-state index in [1.54, 1.807) is 6.07 Å². The summed E-state index contributed by atoms with van der Waals surface area (Å²) in [6.07, 6.45) is 2.94. The van der Waals surface area contributed by atoms with Crippen LogP contribution >= 0.6 is 0 Å². The number of benzene rings is 4. The van der Waals surface area contributed by atoms with Crippen LogP contribution in [0.4, 0.5) is 5.69 Å². The molecule has 1 amide bonds. The Morgan fingerprint density at radius 1 is 0.829 bits per heavy atom. The average Bonchev–Trinajstić information content (AvgIpc) is 3.45. The first-order valence-electron chi connectivity index (χ1n) is 12.2. The SMILES string of the molecule is O=C1C(c2cc3c(cc2O)OC2(CC2)C3)c2ccccc2N1C(c1ccccc1)c1ccccc1. The molecular weight excluding hydrogens is 434 g/mol. The van der Waals surface area contributed by atoms with Crippen LogP contribution in [0.15, 0.2) is 97.1 Å². The molecule has 1 atom stereocenters. The molecule has 1 fully saturated rings. The van der Waals surface area contributed by atoms with Crippen LogP contribution in [0.1, 0.15) is 52.6 Å². The van der Waals surface area contributed by atoms with Crippen molar-refractivity contribution in [1.82, 2.24) is 0 Å². The molecule has 1 saturated carbocycles. The van der Waals surface area contributed by atoms with Crippen molar-refractivity contribution in [1.29, 1.82) is 0 Å². The minimum atomic E-state index is -0.567. The number of nitrogens with zero attached hydrogens (tertiary/aromatic N) is 1. The van der Waals surface area contributed by atoms with Crippen LogP contribution in [-0.4, -0.2) is 16.6 Å². The smallest absolute Gasteiger partial charge is 0.240 e. The van der Waals surface area contributed by atoms with E-state index in [4.69, 9.17) is 4.74 Å². The molecule has 0 bridgehead atoms. The molecule has 2 heterocycles. The standard InChI is InChI=1S/C31H25NO3/c33-26-18-27-22(19-31(35-27)15-16-31)17-24(26)28-23-13-7-8-14-25(23)32(30(28)34)29(20-9-3-1-4-10-20)21-11-5-2-6-12-21/h1-14,17-18,28-29,33H,15-16,19H2. The van der Waals surface area contributed by atoms with E-state index in [1.807, 2.05) is 71.6 Å². The highest BCUT2D eigenvalue weighted by Crippen LogP contribution is 2.54. The fraction of sp³-hybridized carbons (Fsp3) is 0.194. The van der Waals surface area contributed by atoms with E-state index < -0.39 is 5.92 Å². The molecule has 4 heteroatoms. The number of fused-ring (bicyclic) bond motifs is 2. The zero-order valence-corrected chi connectivity index (χ0v) is 19.2. The third-order valence-corrected chi connectivity index (χ3v) is 7.65. The molecule has 7 rings (SSSR count). The third-order valence-electron chi connectivity index (χ3n) is 7.65. The van der Waals surface area contributed by atoms with Crippen molar-refractivity contribution in [3.8, 4) is 11.5 Å². The van der Waals surface area contributed by atoms with Gasteiger partial charge in [0.25, 0.3) is 0 Å². The van der Waals surface area contributed by atoms with Gasteiger partial charge in [0.2, 0.25) is 5.91 Å². The number of ether oxygens (including phenoxy) is 1. The predicted molar refractivity (Wildman–Crippen MR) is 135 cm³/mol. The van der Waals surface area contributed by atoms with Crippen molar-refractivity contribution in [2.45, 2.75) is 36.8 Å². The largest absolute Gasteiger partial charge is 0.507 e. The maximum Gasteiger partial charge on any atom is 0.240 e. The second-order valence-corrected chi connectivity index (χ2v) is 9.90. The molecule has 1 aliphatic carbocycles. The molecule has 4 aromatic rings. The van der Waals surface area contributed by atoms with Gasteiger partial charge in [-0.3, -0.25) is 9.69 Å². The Kier molecular flexibility index (Phi) is 4.34. The maximum atomic E-state index is 14.3. The minimum absolute atomic E-state index is 0.0285. The Balaban J connectivity index is 1.38. The second kappa shape index (κ2) is 7.47. The Bertz CT molecular complexity index is 1400. The monoisotopic (exact) mass is 459 g/mol. The van der Waals surface area contributed by atoms with Crippen molar-refractivity contribution in [3.05, 3.63) is 125 Å². The number of rotatable bonds is 4. The van der Waals surface area contributed by atoms with Crippen molar-refractivity contribution in [2.75, 3.05) is 4.90 Å². The summed E-state index contributed by atoms with van der Waals surface area (Å²) in [4.78, 5) is 16.2. The number of hydrogen-bond donors (Lipinski definition) is 1. The highest BCUT2D eigenvalue weighted by molar-refractivity contribution is 6.08. The fourth-order valence-corrected chi connectivity index (χ4v) is 5.80. The van der Waals surface area contributed by atoms with Crippen LogP contribution in [0, 0.1) is 0 Å². The molecule has 1 unspecified atom stereocenters. The lowest BCUT2D eigenvalue weighted by molar-refractivity contribution is -0.118. The highest BCUT2D eigenvalue weighted by atomic mass is 16.5. The number of aromatic hydroxyl groups is 1. The molecule has 1 N–H and O–H groups in total. The summed E-state index contributed by atoms with van der Waals surface area (Å²) in [6.45, 7) is 0. The molecule has 2 aliphatic heterocycles. The molecule has 35 heavy (non-hydrogen) atoms. The van der Waals surface area contributed by atoms with Crippen molar-refractivity contribution in [2.24, 2.45) is 0 Å². The first-order chi connectivity index (χ1) is 17.1. The Hall–Kier alpha value is -4.05. The topological polar surface area (TPSA) is 49.8 Å². The number of amides is 1. The van der Waals surface area contributed by atoms with Crippen LogP contribution in [0.3, 0.4) is 0 Å². The lowest BCUT2D eigenvalue weighted by Crippen LogP contribution is -2.34. The van der Waals surface area contributed by atoms with Gasteiger partial charge in [0.15, 0.2) is 0 Å². The first kappa shape index (κ1) is 20.3.